The Kier molecular flexibility index (Phi) is 3.43. The Morgan fingerprint density at radius 1 is 0.759 bits per heavy atom. The van der Waals surface area contributed by atoms with Crippen molar-refractivity contribution in [3.8, 4) is 11.4 Å². The molecular formula is C18H11N7O4. The van der Waals surface area contributed by atoms with Gasteiger partial charge in [-0.2, -0.15) is 10.2 Å². The molecule has 0 unspecified atom stereocenters. The molecule has 0 bridgehead atoms. The van der Waals surface area contributed by atoms with Gasteiger partial charge in [-0.3, -0.25) is 20.2 Å². The van der Waals surface area contributed by atoms with E-state index in [0.29, 0.717) is 33.2 Å². The molecule has 3 heterocycles. The lowest BCUT2D eigenvalue weighted by Gasteiger charge is -2.03. The van der Waals surface area contributed by atoms with Crippen molar-refractivity contribution < 1.29 is 9.85 Å². The number of nitrogens with one attached hydrogen (secondary N) is 1. The van der Waals surface area contributed by atoms with Crippen molar-refractivity contribution in [3.05, 3.63) is 81.4 Å². The molecule has 2 aromatic carbocycles. The molecule has 5 rings (SSSR count). The second-order valence-corrected chi connectivity index (χ2v) is 6.32. The fraction of sp³-hybridized carbons (Fsp3) is 0. The number of fused-ring (bicyclic) bond motifs is 3. The van der Waals surface area contributed by atoms with Gasteiger partial charge < -0.3 is 4.98 Å². The highest BCUT2D eigenvalue weighted by Crippen LogP contribution is 2.37. The second-order valence-electron chi connectivity index (χ2n) is 6.32. The maximum absolute atomic E-state index is 11.5. The zero-order valence-corrected chi connectivity index (χ0v) is 14.6. The van der Waals surface area contributed by atoms with Gasteiger partial charge in [0.05, 0.1) is 32.3 Å². The summed E-state index contributed by atoms with van der Waals surface area (Å²) < 4.78 is 3.01. The van der Waals surface area contributed by atoms with Crippen LogP contribution in [0.4, 0.5) is 11.4 Å². The van der Waals surface area contributed by atoms with E-state index >= 15 is 0 Å². The molecule has 0 spiro atoms. The van der Waals surface area contributed by atoms with Crippen LogP contribution in [0.5, 0.6) is 0 Å². The van der Waals surface area contributed by atoms with E-state index in [-0.39, 0.29) is 11.4 Å². The smallest absolute Gasteiger partial charge is 0.272 e. The van der Waals surface area contributed by atoms with Gasteiger partial charge in [0.15, 0.2) is 0 Å². The van der Waals surface area contributed by atoms with Crippen molar-refractivity contribution in [2.45, 2.75) is 0 Å². The van der Waals surface area contributed by atoms with Crippen LogP contribution in [0, 0.1) is 20.2 Å². The molecule has 0 amide bonds. The first kappa shape index (κ1) is 16.6. The van der Waals surface area contributed by atoms with Crippen molar-refractivity contribution in [1.82, 2.24) is 24.5 Å². The minimum Gasteiger partial charge on any atom is -0.351 e. The minimum atomic E-state index is -0.503. The summed E-state index contributed by atoms with van der Waals surface area (Å²) in [5.41, 5.74) is 1.78. The van der Waals surface area contributed by atoms with Gasteiger partial charge in [0.1, 0.15) is 0 Å². The van der Waals surface area contributed by atoms with E-state index in [1.54, 1.807) is 36.9 Å². The standard InChI is InChI=1S/C18H11N7O4/c26-24(27)11-7-13-14-8-12(25(28)29)10-16(23-6-2-4-20-23)18(14)21-17(13)15(9-11)22-5-1-3-19-22/h1-10,21H. The Morgan fingerprint density at radius 3 is 1.55 bits per heavy atom. The molecule has 5 aromatic rings. The summed E-state index contributed by atoms with van der Waals surface area (Å²) in [4.78, 5) is 25.2. The van der Waals surface area contributed by atoms with Crippen molar-refractivity contribution in [3.63, 3.8) is 0 Å². The van der Waals surface area contributed by atoms with E-state index in [1.807, 2.05) is 0 Å². The van der Waals surface area contributed by atoms with Gasteiger partial charge in [0.2, 0.25) is 0 Å². The number of nitrogens with zero attached hydrogens (tertiary/aromatic N) is 6. The van der Waals surface area contributed by atoms with Crippen molar-refractivity contribution in [1.29, 1.82) is 0 Å². The molecule has 3 aromatic heterocycles. The molecule has 0 aliphatic heterocycles. The fourth-order valence-electron chi connectivity index (χ4n) is 3.43. The van der Waals surface area contributed by atoms with E-state index in [1.165, 1.54) is 33.6 Å². The van der Waals surface area contributed by atoms with Gasteiger partial charge in [-0.25, -0.2) is 9.36 Å². The van der Waals surface area contributed by atoms with E-state index in [0.717, 1.165) is 0 Å². The number of H-pyrrole nitrogens is 1. The van der Waals surface area contributed by atoms with Crippen LogP contribution < -0.4 is 0 Å². The minimum absolute atomic E-state index is 0.143. The Bertz CT molecular complexity index is 1300. The maximum Gasteiger partial charge on any atom is 0.272 e. The third-order valence-electron chi connectivity index (χ3n) is 4.67. The largest absolute Gasteiger partial charge is 0.351 e. The highest BCUT2D eigenvalue weighted by atomic mass is 16.6. The number of hydrogen-bond donors (Lipinski definition) is 1. The molecular weight excluding hydrogens is 378 g/mol. The fourth-order valence-corrected chi connectivity index (χ4v) is 3.43. The van der Waals surface area contributed by atoms with Crippen LogP contribution in [0.25, 0.3) is 33.2 Å². The number of nitro benzene ring substituents is 2. The predicted molar refractivity (Wildman–Crippen MR) is 103 cm³/mol. The van der Waals surface area contributed by atoms with Crippen LogP contribution >= 0.6 is 0 Å². The van der Waals surface area contributed by atoms with Gasteiger partial charge in [0, 0.05) is 59.8 Å². The monoisotopic (exact) mass is 389 g/mol. The van der Waals surface area contributed by atoms with Gasteiger partial charge in [-0.05, 0) is 12.1 Å². The molecule has 11 heteroatoms. The maximum atomic E-state index is 11.5. The normalized spacial score (nSPS) is 11.3. The summed E-state index contributed by atoms with van der Waals surface area (Å²) >= 11 is 0. The van der Waals surface area contributed by atoms with E-state index < -0.39 is 9.85 Å². The van der Waals surface area contributed by atoms with Crippen LogP contribution in [0.15, 0.2) is 61.2 Å². The van der Waals surface area contributed by atoms with Crippen molar-refractivity contribution >= 4 is 33.2 Å². The highest BCUT2D eigenvalue weighted by Gasteiger charge is 2.22. The summed E-state index contributed by atoms with van der Waals surface area (Å²) in [6.07, 6.45) is 6.46. The number of non-ortho nitro benzene ring substituents is 2. The van der Waals surface area contributed by atoms with Crippen LogP contribution in [0.3, 0.4) is 0 Å². The Hall–Kier alpha value is -4.54. The number of hydrogen-bond acceptors (Lipinski definition) is 6. The summed E-state index contributed by atoms with van der Waals surface area (Å²) in [5, 5.41) is 32.3. The predicted octanol–water partition coefficient (Wildman–Crippen LogP) is 3.51. The van der Waals surface area contributed by atoms with Crippen LogP contribution in [-0.2, 0) is 0 Å². The van der Waals surface area contributed by atoms with Crippen molar-refractivity contribution in [2.75, 3.05) is 0 Å². The molecule has 1 N–H and O–H groups in total. The lowest BCUT2D eigenvalue weighted by Crippen LogP contribution is -1.98. The summed E-state index contributed by atoms with van der Waals surface area (Å²) in [6, 6.07) is 9.02. The topological polar surface area (TPSA) is 138 Å². The lowest BCUT2D eigenvalue weighted by atomic mass is 10.1. The molecule has 0 atom stereocenters. The summed E-state index contributed by atoms with van der Waals surface area (Å²) in [5.74, 6) is 0. The quantitative estimate of drug-likeness (QED) is 0.369. The second kappa shape index (κ2) is 5.99. The van der Waals surface area contributed by atoms with Crippen LogP contribution in [0.1, 0.15) is 0 Å². The average Bonchev–Trinajstić information content (AvgIpc) is 3.46. The number of aromatic nitrogens is 5. The first-order chi connectivity index (χ1) is 14.0. The first-order valence-corrected chi connectivity index (χ1v) is 8.45. The van der Waals surface area contributed by atoms with Gasteiger partial charge in [-0.15, -0.1) is 0 Å². The Balaban J connectivity index is 1.96. The average molecular weight is 389 g/mol. The van der Waals surface area contributed by atoms with Gasteiger partial charge in [0.25, 0.3) is 11.4 Å². The van der Waals surface area contributed by atoms with Crippen molar-refractivity contribution in [2.24, 2.45) is 0 Å². The van der Waals surface area contributed by atoms with Gasteiger partial charge in [-0.1, -0.05) is 0 Å². The summed E-state index contributed by atoms with van der Waals surface area (Å²) in [7, 11) is 0. The number of rotatable bonds is 4. The third kappa shape index (κ3) is 2.52. The molecule has 0 aliphatic rings. The molecule has 11 nitrogen and oxygen atoms in total. The highest BCUT2D eigenvalue weighted by molar-refractivity contribution is 6.13. The zero-order valence-electron chi connectivity index (χ0n) is 14.6. The lowest BCUT2D eigenvalue weighted by molar-refractivity contribution is -0.385. The number of benzene rings is 2. The molecule has 0 saturated heterocycles. The van der Waals surface area contributed by atoms with Crippen LogP contribution in [0.2, 0.25) is 0 Å². The SMILES string of the molecule is O=[N+]([O-])c1cc(-n2cccn2)c2[nH]c3c(-n4cccn4)cc([N+](=O)[O-])cc3c2c1. The molecule has 0 aliphatic carbocycles. The first-order valence-electron chi connectivity index (χ1n) is 8.45. The zero-order chi connectivity index (χ0) is 20.1. The van der Waals surface area contributed by atoms with Gasteiger partial charge >= 0.3 is 0 Å². The van der Waals surface area contributed by atoms with Crippen LogP contribution in [-0.4, -0.2) is 34.4 Å². The number of nitro groups is 2. The molecule has 0 fully saturated rings. The van der Waals surface area contributed by atoms with E-state index in [4.69, 9.17) is 0 Å². The molecule has 0 saturated carbocycles. The van der Waals surface area contributed by atoms with E-state index in [2.05, 4.69) is 15.2 Å². The van der Waals surface area contributed by atoms with E-state index in [9.17, 15) is 20.2 Å². The summed E-state index contributed by atoms with van der Waals surface area (Å²) in [6.45, 7) is 0. The Morgan fingerprint density at radius 2 is 1.21 bits per heavy atom. The Labute approximate surface area is 161 Å². The molecule has 0 radical (unpaired) electrons. The molecule has 142 valence electrons. The third-order valence-corrected chi connectivity index (χ3v) is 4.67. The molecule has 29 heavy (non-hydrogen) atoms. The number of aromatic amines is 1.